The lowest BCUT2D eigenvalue weighted by molar-refractivity contribution is -0.385. The highest BCUT2D eigenvalue weighted by atomic mass is 79.9. The lowest BCUT2D eigenvalue weighted by Gasteiger charge is -2.06. The molecule has 19 heavy (non-hydrogen) atoms. The zero-order chi connectivity index (χ0) is 13.8. The van der Waals surface area contributed by atoms with E-state index in [1.165, 1.54) is 6.07 Å². The summed E-state index contributed by atoms with van der Waals surface area (Å²) in [6, 6.07) is 8.41. The van der Waals surface area contributed by atoms with Crippen molar-refractivity contribution in [2.24, 2.45) is 0 Å². The van der Waals surface area contributed by atoms with Crippen LogP contribution < -0.4 is 4.74 Å². The van der Waals surface area contributed by atoms with E-state index in [0.717, 1.165) is 10.2 Å². The van der Waals surface area contributed by atoms with Crippen molar-refractivity contribution < 1.29 is 9.66 Å². The highest BCUT2D eigenvalue weighted by molar-refractivity contribution is 9.10. The first-order valence-corrected chi connectivity index (χ1v) is 6.34. The zero-order valence-electron chi connectivity index (χ0n) is 10.2. The quantitative estimate of drug-likeness (QED) is 0.636. The standard InChI is InChI=1S/C13H11BrN2O3/c1-9-6-12(4-5-13(9)16(17)18)19-8-11-3-2-10(14)7-15-11/h2-7H,8H2,1H3. The summed E-state index contributed by atoms with van der Waals surface area (Å²) in [6.07, 6.45) is 1.69. The van der Waals surface area contributed by atoms with Crippen LogP contribution in [0.4, 0.5) is 5.69 Å². The monoisotopic (exact) mass is 322 g/mol. The number of aryl methyl sites for hydroxylation is 1. The van der Waals surface area contributed by atoms with Crippen LogP contribution in [-0.2, 0) is 6.61 Å². The number of aromatic nitrogens is 1. The lowest BCUT2D eigenvalue weighted by atomic mass is 10.2. The molecule has 0 fully saturated rings. The summed E-state index contributed by atoms with van der Waals surface area (Å²) in [5.74, 6) is 0.591. The average Bonchev–Trinajstić information content (AvgIpc) is 2.37. The minimum absolute atomic E-state index is 0.0918. The maximum atomic E-state index is 10.7. The molecule has 0 saturated heterocycles. The predicted molar refractivity (Wildman–Crippen MR) is 74.1 cm³/mol. The predicted octanol–water partition coefficient (Wildman–Crippen LogP) is 3.64. The Kier molecular flexibility index (Phi) is 4.11. The van der Waals surface area contributed by atoms with Crippen molar-refractivity contribution in [2.45, 2.75) is 13.5 Å². The van der Waals surface area contributed by atoms with Crippen LogP contribution in [0.2, 0.25) is 0 Å². The Morgan fingerprint density at radius 1 is 1.37 bits per heavy atom. The van der Waals surface area contributed by atoms with Gasteiger partial charge in [0.05, 0.1) is 10.6 Å². The molecule has 98 valence electrons. The Morgan fingerprint density at radius 2 is 2.16 bits per heavy atom. The van der Waals surface area contributed by atoms with Crippen LogP contribution in [0, 0.1) is 17.0 Å². The molecule has 0 N–H and O–H groups in total. The fourth-order valence-corrected chi connectivity index (χ4v) is 1.81. The topological polar surface area (TPSA) is 65.3 Å². The van der Waals surface area contributed by atoms with Gasteiger partial charge in [0.2, 0.25) is 0 Å². The van der Waals surface area contributed by atoms with E-state index in [2.05, 4.69) is 20.9 Å². The molecule has 0 aliphatic rings. The van der Waals surface area contributed by atoms with Gasteiger partial charge < -0.3 is 4.74 Å². The first kappa shape index (κ1) is 13.5. The number of nitro groups is 1. The van der Waals surface area contributed by atoms with Gasteiger partial charge in [0.1, 0.15) is 12.4 Å². The molecule has 5 nitrogen and oxygen atoms in total. The van der Waals surface area contributed by atoms with Crippen molar-refractivity contribution in [3.8, 4) is 5.75 Å². The molecule has 0 atom stereocenters. The lowest BCUT2D eigenvalue weighted by Crippen LogP contribution is -1.99. The average molecular weight is 323 g/mol. The maximum absolute atomic E-state index is 10.7. The van der Waals surface area contributed by atoms with E-state index in [-0.39, 0.29) is 5.69 Å². The van der Waals surface area contributed by atoms with E-state index in [1.807, 2.05) is 12.1 Å². The minimum Gasteiger partial charge on any atom is -0.487 e. The van der Waals surface area contributed by atoms with E-state index >= 15 is 0 Å². The van der Waals surface area contributed by atoms with Gasteiger partial charge in [-0.15, -0.1) is 0 Å². The molecule has 0 spiro atoms. The molecule has 1 heterocycles. The SMILES string of the molecule is Cc1cc(OCc2ccc(Br)cn2)ccc1[N+](=O)[O-]. The molecule has 2 aromatic rings. The first-order chi connectivity index (χ1) is 9.06. The molecule has 2 rings (SSSR count). The number of halogens is 1. The van der Waals surface area contributed by atoms with Gasteiger partial charge in [0.25, 0.3) is 5.69 Å². The van der Waals surface area contributed by atoms with Crippen LogP contribution in [0.25, 0.3) is 0 Å². The van der Waals surface area contributed by atoms with Gasteiger partial charge in [-0.1, -0.05) is 0 Å². The van der Waals surface area contributed by atoms with Gasteiger partial charge >= 0.3 is 0 Å². The summed E-state index contributed by atoms with van der Waals surface area (Å²) in [5, 5.41) is 10.7. The number of ether oxygens (including phenoxy) is 1. The van der Waals surface area contributed by atoms with E-state index < -0.39 is 4.92 Å². The maximum Gasteiger partial charge on any atom is 0.272 e. The smallest absolute Gasteiger partial charge is 0.272 e. The molecular weight excluding hydrogens is 312 g/mol. The third-order valence-corrected chi connectivity index (χ3v) is 3.01. The first-order valence-electron chi connectivity index (χ1n) is 5.54. The van der Waals surface area contributed by atoms with Crippen molar-refractivity contribution >= 4 is 21.6 Å². The normalized spacial score (nSPS) is 10.2. The molecule has 1 aromatic heterocycles. The van der Waals surface area contributed by atoms with Gasteiger partial charge in [-0.3, -0.25) is 15.1 Å². The second-order valence-electron chi connectivity index (χ2n) is 3.96. The fourth-order valence-electron chi connectivity index (χ4n) is 1.57. The Bertz CT molecular complexity index is 599. The van der Waals surface area contributed by atoms with E-state index in [1.54, 1.807) is 25.3 Å². The molecule has 0 radical (unpaired) electrons. The van der Waals surface area contributed by atoms with Crippen molar-refractivity contribution in [1.29, 1.82) is 0 Å². The number of nitrogens with zero attached hydrogens (tertiary/aromatic N) is 2. The number of rotatable bonds is 4. The molecular formula is C13H11BrN2O3. The highest BCUT2D eigenvalue weighted by Gasteiger charge is 2.10. The number of pyridine rings is 1. The molecule has 0 saturated carbocycles. The third kappa shape index (κ3) is 3.51. The van der Waals surface area contributed by atoms with Crippen LogP contribution in [0.5, 0.6) is 5.75 Å². The van der Waals surface area contributed by atoms with Crippen molar-refractivity contribution in [1.82, 2.24) is 4.98 Å². The molecule has 0 unspecified atom stereocenters. The van der Waals surface area contributed by atoms with Gasteiger partial charge in [-0.25, -0.2) is 0 Å². The summed E-state index contributed by atoms with van der Waals surface area (Å²) in [4.78, 5) is 14.5. The molecule has 0 aliphatic carbocycles. The number of nitro benzene ring substituents is 1. The Hall–Kier alpha value is -1.95. The third-order valence-electron chi connectivity index (χ3n) is 2.54. The van der Waals surface area contributed by atoms with Crippen molar-refractivity contribution in [2.75, 3.05) is 0 Å². The summed E-state index contributed by atoms with van der Waals surface area (Å²) in [7, 11) is 0. The molecule has 0 bridgehead atoms. The number of hydrogen-bond donors (Lipinski definition) is 0. The summed E-state index contributed by atoms with van der Waals surface area (Å²) in [5.41, 5.74) is 1.46. The minimum atomic E-state index is -0.407. The largest absolute Gasteiger partial charge is 0.487 e. The zero-order valence-corrected chi connectivity index (χ0v) is 11.8. The van der Waals surface area contributed by atoms with Crippen molar-refractivity contribution in [3.63, 3.8) is 0 Å². The van der Waals surface area contributed by atoms with E-state index in [9.17, 15) is 10.1 Å². The van der Waals surface area contributed by atoms with Crippen LogP contribution in [0.1, 0.15) is 11.3 Å². The second-order valence-corrected chi connectivity index (χ2v) is 4.88. The van der Waals surface area contributed by atoms with Gasteiger partial charge in [0.15, 0.2) is 0 Å². The molecule has 0 amide bonds. The van der Waals surface area contributed by atoms with Crippen molar-refractivity contribution in [3.05, 3.63) is 62.4 Å². The van der Waals surface area contributed by atoms with Crippen LogP contribution in [-0.4, -0.2) is 9.91 Å². The second kappa shape index (κ2) is 5.79. The number of hydrogen-bond acceptors (Lipinski definition) is 4. The Morgan fingerprint density at radius 3 is 2.74 bits per heavy atom. The van der Waals surface area contributed by atoms with Crippen LogP contribution in [0.15, 0.2) is 41.0 Å². The van der Waals surface area contributed by atoms with Gasteiger partial charge in [-0.05, 0) is 47.1 Å². The van der Waals surface area contributed by atoms with Gasteiger partial charge in [-0.2, -0.15) is 0 Å². The Balaban J connectivity index is 2.06. The summed E-state index contributed by atoms with van der Waals surface area (Å²) >= 11 is 3.31. The number of benzene rings is 1. The van der Waals surface area contributed by atoms with E-state index in [4.69, 9.17) is 4.74 Å². The van der Waals surface area contributed by atoms with Gasteiger partial charge in [0, 0.05) is 22.3 Å². The van der Waals surface area contributed by atoms with E-state index in [0.29, 0.717) is 17.9 Å². The Labute approximate surface area is 118 Å². The molecule has 1 aromatic carbocycles. The fraction of sp³-hybridized carbons (Fsp3) is 0.154. The van der Waals surface area contributed by atoms with Crippen LogP contribution >= 0.6 is 15.9 Å². The summed E-state index contributed by atoms with van der Waals surface area (Å²) in [6.45, 7) is 2.01. The molecule has 0 aliphatic heterocycles. The molecule has 6 heteroatoms. The highest BCUT2D eigenvalue weighted by Crippen LogP contribution is 2.23. The van der Waals surface area contributed by atoms with Crippen LogP contribution in [0.3, 0.4) is 0 Å². The summed E-state index contributed by atoms with van der Waals surface area (Å²) < 4.78 is 6.45.